The Labute approximate surface area is 191 Å². The van der Waals surface area contributed by atoms with Crippen molar-refractivity contribution in [1.29, 1.82) is 0 Å². The van der Waals surface area contributed by atoms with Gasteiger partial charge in [-0.3, -0.25) is 5.14 Å². The zero-order chi connectivity index (χ0) is 23.0. The van der Waals surface area contributed by atoms with Crippen LogP contribution in [-0.4, -0.2) is 62.2 Å². The van der Waals surface area contributed by atoms with Crippen molar-refractivity contribution in [3.05, 3.63) is 23.1 Å². The Morgan fingerprint density at radius 1 is 1.39 bits per heavy atom. The number of aliphatic hydroxyl groups excluding tert-OH is 1. The van der Waals surface area contributed by atoms with Gasteiger partial charge in [0.2, 0.25) is 0 Å². The fraction of sp³-hybridized carbons (Fsp3) is 0.700. The van der Waals surface area contributed by atoms with Crippen molar-refractivity contribution in [2.45, 2.75) is 58.4 Å². The Morgan fingerprint density at radius 3 is 2.58 bits per heavy atom. The van der Waals surface area contributed by atoms with Crippen LogP contribution < -0.4 is 10.0 Å². The summed E-state index contributed by atoms with van der Waals surface area (Å²) < 4.78 is 30.3. The van der Waals surface area contributed by atoms with E-state index in [1.165, 1.54) is 10.6 Å². The molecule has 1 saturated carbocycles. The van der Waals surface area contributed by atoms with Gasteiger partial charge in [0.1, 0.15) is 23.6 Å². The van der Waals surface area contributed by atoms with E-state index in [4.69, 9.17) is 21.8 Å². The van der Waals surface area contributed by atoms with Crippen molar-refractivity contribution in [2.75, 3.05) is 31.1 Å². The standard InChI is InChI=1S/C18H25ClF2N6OS.C2H6/c1-11(2)13-3-14(19)27-15(13)16(23-10-24-27)25-6-17(7-25)4-12(5-17)26(29-22)8-18(20,21)9-28;1-2/h3,10-12,28H,4-9,22H2,1-2H3;1-2H3. The molecule has 3 heterocycles. The molecule has 7 nitrogen and oxygen atoms in total. The second-order valence-electron chi connectivity index (χ2n) is 8.53. The SMILES string of the molecule is CC.CC(C)c1cc(Cl)n2ncnc(N3CC4(CC(N(CC(F)(F)CO)SN)C4)C3)c12. The Morgan fingerprint density at radius 2 is 2.03 bits per heavy atom. The van der Waals surface area contributed by atoms with Crippen LogP contribution in [0.3, 0.4) is 0 Å². The highest BCUT2D eigenvalue weighted by Gasteiger charge is 2.55. The summed E-state index contributed by atoms with van der Waals surface area (Å²) in [5.74, 6) is -2.00. The van der Waals surface area contributed by atoms with Crippen LogP contribution in [0, 0.1) is 5.41 Å². The maximum Gasteiger partial charge on any atom is 0.284 e. The second kappa shape index (κ2) is 9.35. The number of aliphatic hydroxyl groups is 1. The summed E-state index contributed by atoms with van der Waals surface area (Å²) in [5.41, 5.74) is 2.14. The summed E-state index contributed by atoms with van der Waals surface area (Å²) >= 11 is 7.17. The molecule has 0 unspecified atom stereocenters. The van der Waals surface area contributed by atoms with Crippen LogP contribution in [0.4, 0.5) is 14.6 Å². The van der Waals surface area contributed by atoms with E-state index in [0.717, 1.165) is 55.0 Å². The van der Waals surface area contributed by atoms with Crippen LogP contribution in [-0.2, 0) is 0 Å². The lowest BCUT2D eigenvalue weighted by atomic mass is 9.60. The third-order valence-corrected chi connectivity index (χ3v) is 6.96. The molecule has 31 heavy (non-hydrogen) atoms. The summed E-state index contributed by atoms with van der Waals surface area (Å²) in [4.78, 5) is 6.72. The van der Waals surface area contributed by atoms with Gasteiger partial charge in [0.15, 0.2) is 5.82 Å². The molecule has 1 aliphatic heterocycles. The minimum atomic E-state index is -3.14. The van der Waals surface area contributed by atoms with E-state index in [9.17, 15) is 8.78 Å². The van der Waals surface area contributed by atoms with Gasteiger partial charge in [0.05, 0.1) is 6.54 Å². The minimum Gasteiger partial charge on any atom is -0.390 e. The highest BCUT2D eigenvalue weighted by Crippen LogP contribution is 2.52. The van der Waals surface area contributed by atoms with E-state index in [1.54, 1.807) is 4.52 Å². The molecule has 2 aliphatic rings. The lowest BCUT2D eigenvalue weighted by Gasteiger charge is -2.61. The third kappa shape index (κ3) is 4.64. The van der Waals surface area contributed by atoms with Crippen LogP contribution in [0.25, 0.3) is 5.52 Å². The number of rotatable bonds is 7. The first kappa shape index (κ1) is 24.4. The van der Waals surface area contributed by atoms with Gasteiger partial charge >= 0.3 is 0 Å². The lowest BCUT2D eigenvalue weighted by Crippen LogP contribution is -2.67. The zero-order valence-corrected chi connectivity index (χ0v) is 19.9. The Bertz CT molecular complexity index is 897. The van der Waals surface area contributed by atoms with Crippen LogP contribution in [0.2, 0.25) is 5.15 Å². The maximum atomic E-state index is 13.5. The molecule has 0 amide bonds. The van der Waals surface area contributed by atoms with E-state index >= 15 is 0 Å². The topological polar surface area (TPSA) is 82.9 Å². The molecule has 0 bridgehead atoms. The van der Waals surface area contributed by atoms with Crippen molar-refractivity contribution in [1.82, 2.24) is 18.9 Å². The molecule has 2 aromatic heterocycles. The van der Waals surface area contributed by atoms with E-state index < -0.39 is 19.1 Å². The van der Waals surface area contributed by atoms with Gasteiger partial charge in [-0.25, -0.2) is 22.6 Å². The Kier molecular flexibility index (Phi) is 7.37. The fourth-order valence-electron chi connectivity index (χ4n) is 4.53. The highest BCUT2D eigenvalue weighted by molar-refractivity contribution is 7.94. The second-order valence-corrected chi connectivity index (χ2v) is 9.60. The molecule has 1 spiro atoms. The van der Waals surface area contributed by atoms with Crippen LogP contribution >= 0.6 is 23.7 Å². The average molecular weight is 477 g/mol. The number of hydrogen-bond acceptors (Lipinski definition) is 7. The van der Waals surface area contributed by atoms with Crippen molar-refractivity contribution < 1.29 is 13.9 Å². The number of nitrogens with two attached hydrogens (primary N) is 1. The summed E-state index contributed by atoms with van der Waals surface area (Å²) in [7, 11) is 0. The summed E-state index contributed by atoms with van der Waals surface area (Å²) in [5, 5.41) is 19.3. The molecular weight excluding hydrogens is 446 g/mol. The first-order valence-corrected chi connectivity index (χ1v) is 11.8. The Hall–Kier alpha value is -1.20. The maximum absolute atomic E-state index is 13.5. The normalized spacial score (nSPS) is 18.4. The molecule has 1 aliphatic carbocycles. The van der Waals surface area contributed by atoms with E-state index in [-0.39, 0.29) is 17.4 Å². The molecular formula is C20H31ClF2N6OS. The molecule has 0 radical (unpaired) electrons. The van der Waals surface area contributed by atoms with Gasteiger partial charge in [-0.15, -0.1) is 0 Å². The number of nitrogens with zero attached hydrogens (tertiary/aromatic N) is 5. The Balaban J connectivity index is 0.00000132. The molecule has 11 heteroatoms. The smallest absolute Gasteiger partial charge is 0.284 e. The van der Waals surface area contributed by atoms with E-state index in [2.05, 4.69) is 28.8 Å². The molecule has 174 valence electrons. The minimum absolute atomic E-state index is 0.0102. The first-order chi connectivity index (χ1) is 14.7. The highest BCUT2D eigenvalue weighted by atomic mass is 35.5. The van der Waals surface area contributed by atoms with Gasteiger partial charge in [-0.1, -0.05) is 39.3 Å². The predicted molar refractivity (Wildman–Crippen MR) is 122 cm³/mol. The van der Waals surface area contributed by atoms with Gasteiger partial charge < -0.3 is 10.0 Å². The molecule has 0 atom stereocenters. The van der Waals surface area contributed by atoms with Gasteiger partial charge in [-0.2, -0.15) is 5.10 Å². The van der Waals surface area contributed by atoms with Gasteiger partial charge in [0, 0.05) is 36.7 Å². The number of hydrogen-bond donors (Lipinski definition) is 2. The number of halogens is 3. The molecule has 0 aromatic carbocycles. The average Bonchev–Trinajstić information content (AvgIpc) is 3.04. The van der Waals surface area contributed by atoms with Gasteiger partial charge in [-0.05, 0) is 30.4 Å². The fourth-order valence-corrected chi connectivity index (χ4v) is 5.36. The predicted octanol–water partition coefficient (Wildman–Crippen LogP) is 3.95. The van der Waals surface area contributed by atoms with Gasteiger partial charge in [0.25, 0.3) is 5.92 Å². The lowest BCUT2D eigenvalue weighted by molar-refractivity contribution is -0.0791. The molecule has 1 saturated heterocycles. The van der Waals surface area contributed by atoms with E-state index in [1.807, 2.05) is 19.9 Å². The number of anilines is 1. The number of alkyl halides is 2. The number of fused-ring (bicyclic) bond motifs is 1. The third-order valence-electron chi connectivity index (χ3n) is 5.99. The largest absolute Gasteiger partial charge is 0.390 e. The van der Waals surface area contributed by atoms with Crippen LogP contribution in [0.5, 0.6) is 0 Å². The molecule has 3 N–H and O–H groups in total. The van der Waals surface area contributed by atoms with Crippen LogP contribution in [0.15, 0.2) is 12.4 Å². The van der Waals surface area contributed by atoms with Crippen molar-refractivity contribution in [3.63, 3.8) is 0 Å². The molecule has 2 aromatic rings. The molecule has 2 fully saturated rings. The summed E-state index contributed by atoms with van der Waals surface area (Å²) in [6.45, 7) is 8.14. The van der Waals surface area contributed by atoms with Crippen molar-refractivity contribution in [3.8, 4) is 0 Å². The monoisotopic (exact) mass is 476 g/mol. The van der Waals surface area contributed by atoms with Crippen LogP contribution in [0.1, 0.15) is 52.0 Å². The zero-order valence-electron chi connectivity index (χ0n) is 18.4. The quantitative estimate of drug-likeness (QED) is 0.585. The van der Waals surface area contributed by atoms with Crippen molar-refractivity contribution >= 4 is 35.1 Å². The van der Waals surface area contributed by atoms with Crippen molar-refractivity contribution in [2.24, 2.45) is 10.6 Å². The summed E-state index contributed by atoms with van der Waals surface area (Å²) in [6.07, 6.45) is 3.11. The number of aromatic nitrogens is 3. The van der Waals surface area contributed by atoms with E-state index in [0.29, 0.717) is 5.15 Å². The first-order valence-electron chi connectivity index (χ1n) is 10.6. The molecule has 4 rings (SSSR count). The summed E-state index contributed by atoms with van der Waals surface area (Å²) in [6, 6.07) is 1.93.